The van der Waals surface area contributed by atoms with E-state index in [0.29, 0.717) is 6.61 Å². The molecule has 1 saturated heterocycles. The third kappa shape index (κ3) is 3.36. The van der Waals surface area contributed by atoms with Crippen LogP contribution in [0.25, 0.3) is 0 Å². The average molecular weight is 293 g/mol. The Kier molecular flexibility index (Phi) is 5.20. The first kappa shape index (κ1) is 15.8. The lowest BCUT2D eigenvalue weighted by Gasteiger charge is -2.36. The molecule has 5 heteroatoms. The first-order chi connectivity index (χ1) is 10.1. The van der Waals surface area contributed by atoms with Crippen LogP contribution in [-0.2, 0) is 9.53 Å². The highest BCUT2D eigenvalue weighted by molar-refractivity contribution is 5.71. The second-order valence-electron chi connectivity index (χ2n) is 5.40. The molecule has 0 amide bonds. The molecule has 0 bridgehead atoms. The van der Waals surface area contributed by atoms with Crippen molar-refractivity contribution >= 4 is 5.97 Å². The van der Waals surface area contributed by atoms with Gasteiger partial charge in [0.15, 0.2) is 0 Å². The van der Waals surface area contributed by atoms with Crippen LogP contribution in [-0.4, -0.2) is 46.9 Å². The van der Waals surface area contributed by atoms with Gasteiger partial charge in [-0.05, 0) is 30.7 Å². The molecule has 1 aliphatic heterocycles. The molecule has 1 aliphatic rings. The normalized spacial score (nSPS) is 23.4. The molecule has 1 aromatic carbocycles. The summed E-state index contributed by atoms with van der Waals surface area (Å²) in [5.74, 6) is -1.03. The molecule has 116 valence electrons. The van der Waals surface area contributed by atoms with Crippen LogP contribution in [0.15, 0.2) is 24.3 Å². The fraction of sp³-hybridized carbons (Fsp3) is 0.562. The van der Waals surface area contributed by atoms with E-state index < -0.39 is 11.9 Å². The summed E-state index contributed by atoms with van der Waals surface area (Å²) in [4.78, 5) is 13.6. The van der Waals surface area contributed by atoms with Gasteiger partial charge >= 0.3 is 5.97 Å². The Morgan fingerprint density at radius 1 is 1.33 bits per heavy atom. The SMILES string of the molecule is CCC(c1ccc(O)cc1)N(CC)C1COCC1C(=O)O. The van der Waals surface area contributed by atoms with Crippen molar-refractivity contribution in [2.45, 2.75) is 32.4 Å². The number of phenols is 1. The molecule has 0 aliphatic carbocycles. The Bertz CT molecular complexity index is 474. The van der Waals surface area contributed by atoms with E-state index in [2.05, 4.69) is 11.8 Å². The summed E-state index contributed by atoms with van der Waals surface area (Å²) in [6.07, 6.45) is 0.876. The Balaban J connectivity index is 2.25. The maximum Gasteiger partial charge on any atom is 0.310 e. The van der Waals surface area contributed by atoms with Crippen LogP contribution in [0.5, 0.6) is 5.75 Å². The van der Waals surface area contributed by atoms with Crippen LogP contribution in [0.1, 0.15) is 31.9 Å². The summed E-state index contributed by atoms with van der Waals surface area (Å²) in [6, 6.07) is 7.17. The highest BCUT2D eigenvalue weighted by Crippen LogP contribution is 2.31. The van der Waals surface area contributed by atoms with Gasteiger partial charge in [-0.1, -0.05) is 26.0 Å². The number of carbonyl (C=O) groups is 1. The van der Waals surface area contributed by atoms with Crippen LogP contribution in [0.4, 0.5) is 0 Å². The quantitative estimate of drug-likeness (QED) is 0.842. The summed E-state index contributed by atoms with van der Waals surface area (Å²) in [5.41, 5.74) is 1.09. The van der Waals surface area contributed by atoms with Gasteiger partial charge in [0.1, 0.15) is 5.75 Å². The Morgan fingerprint density at radius 2 is 2.00 bits per heavy atom. The molecule has 2 N–H and O–H groups in total. The second kappa shape index (κ2) is 6.91. The maximum absolute atomic E-state index is 11.4. The number of aliphatic carboxylic acids is 1. The van der Waals surface area contributed by atoms with E-state index in [1.54, 1.807) is 12.1 Å². The molecular weight excluding hydrogens is 270 g/mol. The van der Waals surface area contributed by atoms with E-state index in [-0.39, 0.29) is 24.4 Å². The molecule has 1 fully saturated rings. The van der Waals surface area contributed by atoms with Gasteiger partial charge in [0.2, 0.25) is 0 Å². The number of nitrogens with zero attached hydrogens (tertiary/aromatic N) is 1. The third-order valence-corrected chi connectivity index (χ3v) is 4.22. The predicted molar refractivity (Wildman–Crippen MR) is 79.3 cm³/mol. The van der Waals surface area contributed by atoms with Gasteiger partial charge in [-0.3, -0.25) is 9.69 Å². The maximum atomic E-state index is 11.4. The topological polar surface area (TPSA) is 70.0 Å². The highest BCUT2D eigenvalue weighted by Gasteiger charge is 2.39. The standard InChI is InChI=1S/C16H23NO4/c1-3-14(11-5-7-12(18)8-6-11)17(4-2)15-10-21-9-13(15)16(19)20/h5-8,13-15,18H,3-4,9-10H2,1-2H3,(H,19,20). The Hall–Kier alpha value is -1.59. The molecule has 0 spiro atoms. The first-order valence-electron chi connectivity index (χ1n) is 7.43. The smallest absolute Gasteiger partial charge is 0.310 e. The lowest BCUT2D eigenvalue weighted by Crippen LogP contribution is -2.44. The van der Waals surface area contributed by atoms with Crippen LogP contribution < -0.4 is 0 Å². The van der Waals surface area contributed by atoms with Gasteiger partial charge in [0, 0.05) is 12.1 Å². The molecular formula is C16H23NO4. The Morgan fingerprint density at radius 3 is 2.52 bits per heavy atom. The predicted octanol–water partition coefficient (Wildman–Crippen LogP) is 2.26. The van der Waals surface area contributed by atoms with E-state index in [4.69, 9.17) is 4.74 Å². The number of aromatic hydroxyl groups is 1. The van der Waals surface area contributed by atoms with Gasteiger partial charge < -0.3 is 14.9 Å². The minimum absolute atomic E-state index is 0.105. The summed E-state index contributed by atoms with van der Waals surface area (Å²) in [5, 5.41) is 18.8. The van der Waals surface area contributed by atoms with Gasteiger partial charge in [-0.25, -0.2) is 0 Å². The minimum Gasteiger partial charge on any atom is -0.508 e. The van der Waals surface area contributed by atoms with Crippen LogP contribution >= 0.6 is 0 Å². The number of phenolic OH excluding ortho intramolecular Hbond substituents is 1. The summed E-state index contributed by atoms with van der Waals surface area (Å²) < 4.78 is 5.40. The molecule has 3 unspecified atom stereocenters. The van der Waals surface area contributed by atoms with Crippen molar-refractivity contribution in [1.29, 1.82) is 0 Å². The number of ether oxygens (including phenoxy) is 1. The molecule has 1 aromatic rings. The fourth-order valence-corrected chi connectivity index (χ4v) is 3.15. The second-order valence-corrected chi connectivity index (χ2v) is 5.40. The number of likely N-dealkylation sites (N-methyl/N-ethyl adjacent to an activating group) is 1. The van der Waals surface area contributed by atoms with Crippen molar-refractivity contribution in [1.82, 2.24) is 4.90 Å². The number of carboxylic acid groups (broad SMARTS) is 1. The molecule has 5 nitrogen and oxygen atoms in total. The van der Waals surface area contributed by atoms with Crippen molar-refractivity contribution in [3.05, 3.63) is 29.8 Å². The molecule has 3 atom stereocenters. The van der Waals surface area contributed by atoms with E-state index in [1.807, 2.05) is 19.1 Å². The minimum atomic E-state index is -0.795. The summed E-state index contributed by atoms with van der Waals surface area (Å²) >= 11 is 0. The van der Waals surface area contributed by atoms with E-state index >= 15 is 0 Å². The molecule has 0 radical (unpaired) electrons. The molecule has 2 rings (SSSR count). The lowest BCUT2D eigenvalue weighted by molar-refractivity contribution is -0.143. The molecule has 1 heterocycles. The molecule has 0 saturated carbocycles. The van der Waals surface area contributed by atoms with Gasteiger partial charge in [0.25, 0.3) is 0 Å². The van der Waals surface area contributed by atoms with E-state index in [0.717, 1.165) is 18.5 Å². The number of hydrogen-bond acceptors (Lipinski definition) is 4. The van der Waals surface area contributed by atoms with Crippen molar-refractivity contribution in [2.24, 2.45) is 5.92 Å². The monoisotopic (exact) mass is 293 g/mol. The summed E-state index contributed by atoms with van der Waals surface area (Å²) in [6.45, 7) is 5.63. The van der Waals surface area contributed by atoms with Crippen molar-refractivity contribution in [3.8, 4) is 5.75 Å². The average Bonchev–Trinajstić information content (AvgIpc) is 2.95. The zero-order valence-electron chi connectivity index (χ0n) is 12.5. The van der Waals surface area contributed by atoms with Crippen LogP contribution in [0, 0.1) is 5.92 Å². The van der Waals surface area contributed by atoms with Crippen LogP contribution in [0.2, 0.25) is 0 Å². The Labute approximate surface area is 125 Å². The zero-order valence-corrected chi connectivity index (χ0v) is 12.5. The van der Waals surface area contributed by atoms with Gasteiger partial charge in [0.05, 0.1) is 19.1 Å². The van der Waals surface area contributed by atoms with Crippen molar-refractivity contribution in [3.63, 3.8) is 0 Å². The lowest BCUT2D eigenvalue weighted by atomic mass is 9.96. The highest BCUT2D eigenvalue weighted by atomic mass is 16.5. The summed E-state index contributed by atoms with van der Waals surface area (Å²) in [7, 11) is 0. The third-order valence-electron chi connectivity index (χ3n) is 4.22. The number of carboxylic acids is 1. The number of benzene rings is 1. The number of hydrogen-bond donors (Lipinski definition) is 2. The largest absolute Gasteiger partial charge is 0.508 e. The van der Waals surface area contributed by atoms with Crippen molar-refractivity contribution in [2.75, 3.05) is 19.8 Å². The first-order valence-corrected chi connectivity index (χ1v) is 7.43. The van der Waals surface area contributed by atoms with E-state index in [1.165, 1.54) is 0 Å². The van der Waals surface area contributed by atoms with Crippen molar-refractivity contribution < 1.29 is 19.7 Å². The molecule has 0 aromatic heterocycles. The fourth-order valence-electron chi connectivity index (χ4n) is 3.15. The van der Waals surface area contributed by atoms with Crippen LogP contribution in [0.3, 0.4) is 0 Å². The van der Waals surface area contributed by atoms with Gasteiger partial charge in [-0.15, -0.1) is 0 Å². The van der Waals surface area contributed by atoms with E-state index in [9.17, 15) is 15.0 Å². The molecule has 21 heavy (non-hydrogen) atoms. The van der Waals surface area contributed by atoms with Gasteiger partial charge in [-0.2, -0.15) is 0 Å². The zero-order chi connectivity index (χ0) is 15.4. The number of rotatable bonds is 6.